The van der Waals surface area contributed by atoms with Gasteiger partial charge in [0, 0.05) is 38.8 Å². The number of aliphatic hydroxyl groups excluding tert-OH is 1. The fraction of sp³-hybridized carbons (Fsp3) is 0.571. The van der Waals surface area contributed by atoms with E-state index in [1.807, 2.05) is 0 Å². The van der Waals surface area contributed by atoms with E-state index in [2.05, 4.69) is 47.2 Å². The molecular weight excluding hydrogens is 212 g/mol. The lowest BCUT2D eigenvalue weighted by Gasteiger charge is -2.40. The maximum absolute atomic E-state index is 8.97. The number of nitrogens with zero attached hydrogens (tertiary/aromatic N) is 2. The zero-order valence-corrected chi connectivity index (χ0v) is 10.5. The molecule has 3 heteroatoms. The first kappa shape index (κ1) is 12.6. The van der Waals surface area contributed by atoms with Crippen LogP contribution in [0.4, 0.5) is 0 Å². The number of aliphatic hydroxyl groups is 1. The molecular formula is C14H22N2O. The molecule has 3 nitrogen and oxygen atoms in total. The molecule has 1 heterocycles. The van der Waals surface area contributed by atoms with Crippen LogP contribution >= 0.6 is 0 Å². The molecule has 1 saturated heterocycles. The maximum Gasteiger partial charge on any atom is 0.0475 e. The third-order valence-electron chi connectivity index (χ3n) is 3.48. The summed E-state index contributed by atoms with van der Waals surface area (Å²) in [6.45, 7) is 4.57. The molecule has 1 atom stereocenters. The summed E-state index contributed by atoms with van der Waals surface area (Å²) >= 11 is 0. The highest BCUT2D eigenvalue weighted by Crippen LogP contribution is 2.24. The topological polar surface area (TPSA) is 26.7 Å². The highest BCUT2D eigenvalue weighted by Gasteiger charge is 2.25. The van der Waals surface area contributed by atoms with Gasteiger partial charge in [-0.15, -0.1) is 0 Å². The average Bonchev–Trinajstić information content (AvgIpc) is 2.38. The molecule has 94 valence electrons. The Bertz CT molecular complexity index is 326. The predicted molar refractivity (Wildman–Crippen MR) is 70.0 cm³/mol. The minimum atomic E-state index is 0.286. The number of benzene rings is 1. The van der Waals surface area contributed by atoms with Crippen LogP contribution in [0.1, 0.15) is 18.0 Å². The summed E-state index contributed by atoms with van der Waals surface area (Å²) in [4.78, 5) is 4.87. The Labute approximate surface area is 104 Å². The van der Waals surface area contributed by atoms with Crippen molar-refractivity contribution in [2.75, 3.05) is 39.8 Å². The van der Waals surface area contributed by atoms with Gasteiger partial charge in [0.2, 0.25) is 0 Å². The lowest BCUT2D eigenvalue weighted by molar-refractivity contribution is 0.0833. The zero-order chi connectivity index (χ0) is 12.1. The van der Waals surface area contributed by atoms with Gasteiger partial charge in [-0.1, -0.05) is 30.3 Å². The first-order valence-electron chi connectivity index (χ1n) is 6.39. The molecule has 0 bridgehead atoms. The molecule has 0 spiro atoms. The molecule has 17 heavy (non-hydrogen) atoms. The SMILES string of the molecule is CN1CCN(CCCO)C(c2ccccc2)C1. The van der Waals surface area contributed by atoms with Crippen LogP contribution in [-0.2, 0) is 0 Å². The second-order valence-electron chi connectivity index (χ2n) is 4.80. The molecule has 1 aliphatic rings. The van der Waals surface area contributed by atoms with Crippen molar-refractivity contribution in [2.45, 2.75) is 12.5 Å². The summed E-state index contributed by atoms with van der Waals surface area (Å²) in [5.74, 6) is 0. The summed E-state index contributed by atoms with van der Waals surface area (Å²) in [5.41, 5.74) is 1.39. The standard InChI is InChI=1S/C14H22N2O/c1-15-9-10-16(8-5-11-17)14(12-15)13-6-3-2-4-7-13/h2-4,6-7,14,17H,5,8-12H2,1H3. The van der Waals surface area contributed by atoms with E-state index in [9.17, 15) is 0 Å². The van der Waals surface area contributed by atoms with Crippen LogP contribution in [0.15, 0.2) is 30.3 Å². The molecule has 1 aromatic carbocycles. The molecule has 0 aromatic heterocycles. The second-order valence-corrected chi connectivity index (χ2v) is 4.80. The number of rotatable bonds is 4. The largest absolute Gasteiger partial charge is 0.396 e. The molecule has 0 amide bonds. The van der Waals surface area contributed by atoms with Crippen LogP contribution in [0.5, 0.6) is 0 Å². The summed E-state index contributed by atoms with van der Waals surface area (Å²) < 4.78 is 0. The van der Waals surface area contributed by atoms with Gasteiger partial charge in [0.05, 0.1) is 0 Å². The fourth-order valence-corrected chi connectivity index (χ4v) is 2.49. The molecule has 0 saturated carbocycles. The highest BCUT2D eigenvalue weighted by molar-refractivity contribution is 5.20. The van der Waals surface area contributed by atoms with Gasteiger partial charge in [0.25, 0.3) is 0 Å². The molecule has 1 N–H and O–H groups in total. The summed E-state index contributed by atoms with van der Waals surface area (Å²) in [6.07, 6.45) is 0.868. The number of hydrogen-bond donors (Lipinski definition) is 1. The Hall–Kier alpha value is -0.900. The van der Waals surface area contributed by atoms with Crippen LogP contribution in [0.3, 0.4) is 0 Å². The number of likely N-dealkylation sites (N-methyl/N-ethyl adjacent to an activating group) is 1. The highest BCUT2D eigenvalue weighted by atomic mass is 16.3. The minimum Gasteiger partial charge on any atom is -0.396 e. The quantitative estimate of drug-likeness (QED) is 0.852. The van der Waals surface area contributed by atoms with Crippen molar-refractivity contribution in [3.63, 3.8) is 0 Å². The van der Waals surface area contributed by atoms with Crippen molar-refractivity contribution in [3.8, 4) is 0 Å². The van der Waals surface area contributed by atoms with Crippen molar-refractivity contribution in [1.29, 1.82) is 0 Å². The van der Waals surface area contributed by atoms with Gasteiger partial charge in [-0.25, -0.2) is 0 Å². The van der Waals surface area contributed by atoms with Gasteiger partial charge in [-0.05, 0) is 19.0 Å². The molecule has 2 rings (SSSR count). The Balaban J connectivity index is 2.08. The lowest BCUT2D eigenvalue weighted by Crippen LogP contribution is -2.47. The zero-order valence-electron chi connectivity index (χ0n) is 10.5. The predicted octanol–water partition coefficient (Wildman–Crippen LogP) is 1.36. The van der Waals surface area contributed by atoms with Crippen LogP contribution < -0.4 is 0 Å². The normalized spacial score (nSPS) is 22.8. The van der Waals surface area contributed by atoms with E-state index in [4.69, 9.17) is 5.11 Å². The maximum atomic E-state index is 8.97. The Morgan fingerprint density at radius 1 is 1.24 bits per heavy atom. The Morgan fingerprint density at radius 3 is 2.71 bits per heavy atom. The van der Waals surface area contributed by atoms with Crippen molar-refractivity contribution in [2.24, 2.45) is 0 Å². The second kappa shape index (κ2) is 6.15. The van der Waals surface area contributed by atoms with E-state index < -0.39 is 0 Å². The van der Waals surface area contributed by atoms with E-state index in [1.165, 1.54) is 5.56 Å². The molecule has 1 fully saturated rings. The van der Waals surface area contributed by atoms with Crippen molar-refractivity contribution < 1.29 is 5.11 Å². The Kier molecular flexibility index (Phi) is 4.54. The third kappa shape index (κ3) is 3.28. The summed E-state index contributed by atoms with van der Waals surface area (Å²) in [5, 5.41) is 8.97. The Morgan fingerprint density at radius 2 is 2.00 bits per heavy atom. The van der Waals surface area contributed by atoms with Gasteiger partial charge in [-0.3, -0.25) is 4.90 Å². The molecule has 1 aromatic rings. The van der Waals surface area contributed by atoms with Crippen molar-refractivity contribution in [3.05, 3.63) is 35.9 Å². The molecule has 1 aliphatic heterocycles. The first-order valence-corrected chi connectivity index (χ1v) is 6.39. The van der Waals surface area contributed by atoms with Crippen LogP contribution in [0.25, 0.3) is 0 Å². The lowest BCUT2D eigenvalue weighted by atomic mass is 10.0. The number of hydrogen-bond acceptors (Lipinski definition) is 3. The van der Waals surface area contributed by atoms with E-state index in [0.29, 0.717) is 6.04 Å². The van der Waals surface area contributed by atoms with Crippen LogP contribution in [0, 0.1) is 0 Å². The average molecular weight is 234 g/mol. The molecule has 0 radical (unpaired) electrons. The third-order valence-corrected chi connectivity index (χ3v) is 3.48. The van der Waals surface area contributed by atoms with E-state index in [1.54, 1.807) is 0 Å². The van der Waals surface area contributed by atoms with Crippen LogP contribution in [-0.4, -0.2) is 54.7 Å². The van der Waals surface area contributed by atoms with Crippen molar-refractivity contribution in [1.82, 2.24) is 9.80 Å². The molecule has 1 unspecified atom stereocenters. The van der Waals surface area contributed by atoms with Gasteiger partial charge < -0.3 is 10.0 Å². The monoisotopic (exact) mass is 234 g/mol. The van der Waals surface area contributed by atoms with E-state index in [-0.39, 0.29) is 6.61 Å². The minimum absolute atomic E-state index is 0.286. The fourth-order valence-electron chi connectivity index (χ4n) is 2.49. The van der Waals surface area contributed by atoms with Gasteiger partial charge in [0.15, 0.2) is 0 Å². The first-order chi connectivity index (χ1) is 8.31. The van der Waals surface area contributed by atoms with E-state index >= 15 is 0 Å². The van der Waals surface area contributed by atoms with E-state index in [0.717, 1.165) is 32.6 Å². The van der Waals surface area contributed by atoms with Gasteiger partial charge in [-0.2, -0.15) is 0 Å². The number of piperazine rings is 1. The molecule has 0 aliphatic carbocycles. The van der Waals surface area contributed by atoms with Gasteiger partial charge in [0.1, 0.15) is 0 Å². The summed E-state index contributed by atoms with van der Waals surface area (Å²) in [6, 6.07) is 11.2. The van der Waals surface area contributed by atoms with Crippen molar-refractivity contribution >= 4 is 0 Å². The summed E-state index contributed by atoms with van der Waals surface area (Å²) in [7, 11) is 2.18. The van der Waals surface area contributed by atoms with Gasteiger partial charge >= 0.3 is 0 Å². The smallest absolute Gasteiger partial charge is 0.0475 e. The van der Waals surface area contributed by atoms with Crippen LogP contribution in [0.2, 0.25) is 0 Å².